The third kappa shape index (κ3) is 4.41. The number of carbonyl (C=O) groups excluding carboxylic acids is 1. The molecule has 1 aromatic carbocycles. The molecule has 1 saturated heterocycles. The van der Waals surface area contributed by atoms with Gasteiger partial charge in [0.2, 0.25) is 5.91 Å². The second kappa shape index (κ2) is 9.11. The molecule has 1 spiro atoms. The van der Waals surface area contributed by atoms with Gasteiger partial charge in [0, 0.05) is 24.9 Å². The normalized spacial score (nSPS) is 26.2. The number of hydrogen-bond donors (Lipinski definition) is 1. The number of piperidine rings is 1. The quantitative estimate of drug-likeness (QED) is 0.584. The maximum Gasteiger partial charge on any atom is 0.339 e. The Morgan fingerprint density at radius 2 is 1.77 bits per heavy atom. The van der Waals surface area contributed by atoms with Gasteiger partial charge in [-0.1, -0.05) is 31.4 Å². The second-order valence-corrected chi connectivity index (χ2v) is 11.7. The summed E-state index contributed by atoms with van der Waals surface area (Å²) in [5, 5.41) is 14.1. The summed E-state index contributed by atoms with van der Waals surface area (Å²) in [4.78, 5) is 27.6. The SMILES string of the molecule is O=C(O)c1cnn(-c2cccc([C@H]3CCC[C@@H](C(=O)N4CCCC5(CCCC5)C4)C3)c2)c1C1CC1. The van der Waals surface area contributed by atoms with Crippen LogP contribution in [0.25, 0.3) is 5.69 Å². The Bertz CT molecular complexity index is 1110. The molecule has 2 heterocycles. The van der Waals surface area contributed by atoms with E-state index in [1.807, 2.05) is 10.7 Å². The van der Waals surface area contributed by atoms with Gasteiger partial charge in [-0.05, 0) is 86.8 Å². The highest BCUT2D eigenvalue weighted by atomic mass is 16.4. The first-order valence-electron chi connectivity index (χ1n) is 13.7. The van der Waals surface area contributed by atoms with Gasteiger partial charge in [-0.25, -0.2) is 9.48 Å². The highest BCUT2D eigenvalue weighted by Crippen LogP contribution is 2.46. The van der Waals surface area contributed by atoms with Gasteiger partial charge in [0.1, 0.15) is 5.56 Å². The number of nitrogens with zero attached hydrogens (tertiary/aromatic N) is 3. The average Bonchev–Trinajstić information content (AvgIpc) is 3.47. The molecule has 0 bridgehead atoms. The molecule has 35 heavy (non-hydrogen) atoms. The van der Waals surface area contributed by atoms with Crippen LogP contribution in [0.1, 0.15) is 111 Å². The average molecular weight is 476 g/mol. The molecule has 4 aliphatic rings. The van der Waals surface area contributed by atoms with Crippen LogP contribution in [-0.2, 0) is 4.79 Å². The standard InChI is InChI=1S/C29H37N3O3/c33-27(31-15-5-14-29(19-31)12-1-2-13-29)23-8-3-6-21(16-23)22-7-4-9-24(17-22)32-26(20-10-11-20)25(18-30-32)28(34)35/h4,7,9,17-18,20-21,23H,1-3,5-6,8,10-16,19H2,(H,34,35)/t21-,23+/m0/s1. The lowest BCUT2D eigenvalue weighted by molar-refractivity contribution is -0.140. The number of carbonyl (C=O) groups is 2. The molecule has 0 unspecified atom stereocenters. The van der Waals surface area contributed by atoms with Crippen LogP contribution in [0.3, 0.4) is 0 Å². The van der Waals surface area contributed by atoms with E-state index in [0.717, 1.165) is 69.4 Å². The van der Waals surface area contributed by atoms with Gasteiger partial charge in [-0.2, -0.15) is 5.10 Å². The number of rotatable bonds is 5. The van der Waals surface area contributed by atoms with Crippen molar-refractivity contribution in [3.8, 4) is 5.69 Å². The van der Waals surface area contributed by atoms with E-state index in [1.165, 1.54) is 43.9 Å². The maximum atomic E-state index is 13.6. The maximum absolute atomic E-state index is 13.6. The topological polar surface area (TPSA) is 75.4 Å². The monoisotopic (exact) mass is 475 g/mol. The van der Waals surface area contributed by atoms with Gasteiger partial charge in [0.25, 0.3) is 0 Å². The van der Waals surface area contributed by atoms with Crippen LogP contribution in [0.4, 0.5) is 0 Å². The lowest BCUT2D eigenvalue weighted by Crippen LogP contribution is -2.47. The smallest absolute Gasteiger partial charge is 0.339 e. The zero-order valence-electron chi connectivity index (χ0n) is 20.6. The molecular weight excluding hydrogens is 438 g/mol. The van der Waals surface area contributed by atoms with Crippen molar-refractivity contribution in [3.05, 3.63) is 47.3 Å². The summed E-state index contributed by atoms with van der Waals surface area (Å²) in [6.45, 7) is 1.92. The van der Waals surface area contributed by atoms with Crippen molar-refractivity contribution in [1.29, 1.82) is 0 Å². The first-order valence-corrected chi connectivity index (χ1v) is 13.7. The molecule has 1 aliphatic heterocycles. The third-order valence-corrected chi connectivity index (χ3v) is 9.25. The van der Waals surface area contributed by atoms with E-state index in [2.05, 4.69) is 28.2 Å². The summed E-state index contributed by atoms with van der Waals surface area (Å²) in [5.41, 5.74) is 3.75. The largest absolute Gasteiger partial charge is 0.478 e. The molecular formula is C29H37N3O3. The fraction of sp³-hybridized carbons (Fsp3) is 0.621. The van der Waals surface area contributed by atoms with Gasteiger partial charge in [0.15, 0.2) is 0 Å². The van der Waals surface area contributed by atoms with Crippen LogP contribution >= 0.6 is 0 Å². The van der Waals surface area contributed by atoms with E-state index in [9.17, 15) is 14.7 Å². The van der Waals surface area contributed by atoms with Crippen molar-refractivity contribution in [1.82, 2.24) is 14.7 Å². The molecule has 3 saturated carbocycles. The molecule has 186 valence electrons. The Kier molecular flexibility index (Phi) is 5.93. The van der Waals surface area contributed by atoms with Gasteiger partial charge in [0.05, 0.1) is 17.6 Å². The Hall–Kier alpha value is -2.63. The minimum Gasteiger partial charge on any atom is -0.478 e. The van der Waals surface area contributed by atoms with E-state index in [0.29, 0.717) is 22.8 Å². The zero-order chi connectivity index (χ0) is 24.0. The molecule has 6 rings (SSSR count). The van der Waals surface area contributed by atoms with E-state index < -0.39 is 5.97 Å². The molecule has 2 atom stereocenters. The number of likely N-dealkylation sites (tertiary alicyclic amines) is 1. The summed E-state index contributed by atoms with van der Waals surface area (Å²) >= 11 is 0. The van der Waals surface area contributed by atoms with Crippen molar-refractivity contribution in [2.24, 2.45) is 11.3 Å². The van der Waals surface area contributed by atoms with Gasteiger partial charge in [-0.3, -0.25) is 4.79 Å². The Morgan fingerprint density at radius 3 is 2.54 bits per heavy atom. The minimum absolute atomic E-state index is 0.124. The highest BCUT2D eigenvalue weighted by molar-refractivity contribution is 5.89. The van der Waals surface area contributed by atoms with Crippen LogP contribution in [0.5, 0.6) is 0 Å². The predicted molar refractivity (Wildman–Crippen MR) is 134 cm³/mol. The van der Waals surface area contributed by atoms with Crippen molar-refractivity contribution in [3.63, 3.8) is 0 Å². The lowest BCUT2D eigenvalue weighted by atomic mass is 9.75. The van der Waals surface area contributed by atoms with Crippen molar-refractivity contribution < 1.29 is 14.7 Å². The fourth-order valence-corrected chi connectivity index (χ4v) is 7.29. The molecule has 1 N–H and O–H groups in total. The van der Waals surface area contributed by atoms with Gasteiger partial charge < -0.3 is 10.0 Å². The summed E-state index contributed by atoms with van der Waals surface area (Å²) in [6, 6.07) is 8.43. The van der Waals surface area contributed by atoms with E-state index in [-0.39, 0.29) is 11.8 Å². The third-order valence-electron chi connectivity index (χ3n) is 9.25. The zero-order valence-corrected chi connectivity index (χ0v) is 20.6. The lowest BCUT2D eigenvalue weighted by Gasteiger charge is -2.42. The van der Waals surface area contributed by atoms with Crippen molar-refractivity contribution in [2.45, 2.75) is 88.9 Å². The molecule has 6 nitrogen and oxygen atoms in total. The fourth-order valence-electron chi connectivity index (χ4n) is 7.29. The van der Waals surface area contributed by atoms with Crippen LogP contribution in [0.15, 0.2) is 30.5 Å². The van der Waals surface area contributed by atoms with Crippen LogP contribution in [-0.4, -0.2) is 44.8 Å². The first kappa shape index (κ1) is 22.8. The molecule has 1 aromatic heterocycles. The van der Waals surface area contributed by atoms with Crippen LogP contribution in [0.2, 0.25) is 0 Å². The summed E-state index contributed by atoms with van der Waals surface area (Å²) < 4.78 is 1.84. The Morgan fingerprint density at radius 1 is 0.971 bits per heavy atom. The number of carboxylic acids is 1. The molecule has 6 heteroatoms. The van der Waals surface area contributed by atoms with Gasteiger partial charge in [-0.15, -0.1) is 0 Å². The van der Waals surface area contributed by atoms with E-state index in [4.69, 9.17) is 0 Å². The molecule has 0 radical (unpaired) electrons. The van der Waals surface area contributed by atoms with Gasteiger partial charge >= 0.3 is 5.97 Å². The van der Waals surface area contributed by atoms with Crippen molar-refractivity contribution in [2.75, 3.05) is 13.1 Å². The van der Waals surface area contributed by atoms with Crippen LogP contribution in [0, 0.1) is 11.3 Å². The Balaban J connectivity index is 1.19. The molecule has 4 fully saturated rings. The summed E-state index contributed by atoms with van der Waals surface area (Å²) in [5.74, 6) is 0.267. The minimum atomic E-state index is -0.903. The summed E-state index contributed by atoms with van der Waals surface area (Å²) in [6.07, 6.45) is 15.4. The number of carboxylic acid groups (broad SMARTS) is 1. The number of benzene rings is 1. The number of amides is 1. The Labute approximate surface area is 207 Å². The molecule has 3 aliphatic carbocycles. The van der Waals surface area contributed by atoms with E-state index >= 15 is 0 Å². The van der Waals surface area contributed by atoms with E-state index in [1.54, 1.807) is 0 Å². The van der Waals surface area contributed by atoms with Crippen LogP contribution < -0.4 is 0 Å². The highest BCUT2D eigenvalue weighted by Gasteiger charge is 2.41. The number of hydrogen-bond acceptors (Lipinski definition) is 3. The predicted octanol–water partition coefficient (Wildman–Crippen LogP) is 5.90. The van der Waals surface area contributed by atoms with Crippen molar-refractivity contribution >= 4 is 11.9 Å². The molecule has 1 amide bonds. The first-order chi connectivity index (χ1) is 17.0. The number of aromatic nitrogens is 2. The number of aromatic carboxylic acids is 1. The second-order valence-electron chi connectivity index (χ2n) is 11.7. The molecule has 2 aromatic rings. The summed E-state index contributed by atoms with van der Waals surface area (Å²) in [7, 11) is 0.